The van der Waals surface area contributed by atoms with Crippen molar-refractivity contribution in [2.24, 2.45) is 10.7 Å². The van der Waals surface area contributed by atoms with Crippen molar-refractivity contribution in [3.8, 4) is 0 Å². The summed E-state index contributed by atoms with van der Waals surface area (Å²) in [5, 5.41) is 0. The molecule has 1 unspecified atom stereocenters. The maximum absolute atomic E-state index is 11.7. The third-order valence-corrected chi connectivity index (χ3v) is 3.47. The van der Waals surface area contributed by atoms with E-state index in [0.717, 1.165) is 24.3 Å². The first-order valence-electron chi connectivity index (χ1n) is 4.41. The molecule has 2 N–H and O–H groups in total. The largest absolute Gasteiger partial charge is 0.403 e. The maximum atomic E-state index is 11.7. The lowest BCUT2D eigenvalue weighted by molar-refractivity contribution is -0.126. The van der Waals surface area contributed by atoms with Crippen LogP contribution in [0.2, 0.25) is 0 Å². The predicted molar refractivity (Wildman–Crippen MR) is 65.4 cm³/mol. The predicted octanol–water partition coefficient (Wildman–Crippen LogP) is 0.913. The number of aliphatic imine (C=N–C) groups is 1. The molecule has 1 saturated heterocycles. The zero-order valence-corrected chi connectivity index (χ0v) is 10.5. The normalized spacial score (nSPS) is 29.8. The fraction of sp³-hybridized carbons (Fsp3) is 0.556. The van der Waals surface area contributed by atoms with Crippen molar-refractivity contribution >= 4 is 34.2 Å². The van der Waals surface area contributed by atoms with Gasteiger partial charge in [0.25, 0.3) is 0 Å². The Morgan fingerprint density at radius 3 is 2.86 bits per heavy atom. The van der Waals surface area contributed by atoms with E-state index in [1.165, 1.54) is 6.20 Å². The van der Waals surface area contributed by atoms with Crippen LogP contribution in [0.15, 0.2) is 16.9 Å². The minimum Gasteiger partial charge on any atom is -0.403 e. The van der Waals surface area contributed by atoms with Crippen LogP contribution in [0.5, 0.6) is 0 Å². The van der Waals surface area contributed by atoms with E-state index in [1.54, 1.807) is 19.0 Å². The van der Waals surface area contributed by atoms with E-state index in [0.29, 0.717) is 0 Å². The van der Waals surface area contributed by atoms with Crippen LogP contribution in [0.3, 0.4) is 0 Å². The highest BCUT2D eigenvalue weighted by atomic mass is 127. The Bertz CT molecular complexity index is 298. The molecule has 0 spiro atoms. The molecule has 1 rings (SSSR count). The van der Waals surface area contributed by atoms with E-state index in [9.17, 15) is 4.79 Å². The number of nitrogens with zero attached hydrogens (tertiary/aromatic N) is 2. The molecule has 1 aliphatic heterocycles. The Hall–Kier alpha value is -0.590. The Balaban J connectivity index is 3.06. The maximum Gasteiger partial charge on any atom is 0.239 e. The van der Waals surface area contributed by atoms with Crippen molar-refractivity contribution in [2.45, 2.75) is 16.8 Å². The number of hydrogen-bond acceptors (Lipinski definition) is 3. The summed E-state index contributed by atoms with van der Waals surface area (Å²) >= 11 is 2.16. The van der Waals surface area contributed by atoms with Gasteiger partial charge in [-0.3, -0.25) is 9.79 Å². The van der Waals surface area contributed by atoms with Crippen molar-refractivity contribution in [3.63, 3.8) is 0 Å². The molecule has 1 aliphatic rings. The third kappa shape index (κ3) is 2.08. The highest BCUT2D eigenvalue weighted by molar-refractivity contribution is 14.1. The molecule has 0 aromatic carbocycles. The molecule has 4 nitrogen and oxygen atoms in total. The highest BCUT2D eigenvalue weighted by Crippen LogP contribution is 2.22. The van der Waals surface area contributed by atoms with Crippen molar-refractivity contribution in [3.05, 3.63) is 11.9 Å². The molecule has 0 aliphatic carbocycles. The number of likely N-dealkylation sites (tertiary alicyclic amines) is 1. The molecule has 0 aromatic rings. The SMILES string of the molecule is CN=C1CCC(I)C(=O)N(C)C1=CN. The molecule has 1 amide bonds. The monoisotopic (exact) mass is 307 g/mol. The van der Waals surface area contributed by atoms with Gasteiger partial charge in [-0.15, -0.1) is 0 Å². The average molecular weight is 307 g/mol. The van der Waals surface area contributed by atoms with Gasteiger partial charge in [-0.25, -0.2) is 0 Å². The lowest BCUT2D eigenvalue weighted by Crippen LogP contribution is -2.32. The molecular formula is C9H14IN3O. The lowest BCUT2D eigenvalue weighted by atomic mass is 10.1. The van der Waals surface area contributed by atoms with Crippen molar-refractivity contribution < 1.29 is 4.79 Å². The molecule has 0 radical (unpaired) electrons. The van der Waals surface area contributed by atoms with Crippen LogP contribution in [0.1, 0.15) is 12.8 Å². The summed E-state index contributed by atoms with van der Waals surface area (Å²) in [7, 11) is 3.47. The lowest BCUT2D eigenvalue weighted by Gasteiger charge is -2.19. The van der Waals surface area contributed by atoms with E-state index in [1.807, 2.05) is 0 Å². The molecule has 5 heteroatoms. The van der Waals surface area contributed by atoms with Crippen LogP contribution in [0.4, 0.5) is 0 Å². The number of allylic oxidation sites excluding steroid dienone is 1. The van der Waals surface area contributed by atoms with Crippen LogP contribution in [0.25, 0.3) is 0 Å². The number of alkyl halides is 1. The van der Waals surface area contributed by atoms with Gasteiger partial charge in [-0.2, -0.15) is 0 Å². The van der Waals surface area contributed by atoms with E-state index >= 15 is 0 Å². The minimum atomic E-state index is 0.0202. The van der Waals surface area contributed by atoms with Gasteiger partial charge in [0.1, 0.15) is 0 Å². The quantitative estimate of drug-likeness (QED) is 0.534. The fourth-order valence-electron chi connectivity index (χ4n) is 1.47. The van der Waals surface area contributed by atoms with Crippen molar-refractivity contribution in [1.29, 1.82) is 0 Å². The van der Waals surface area contributed by atoms with Crippen LogP contribution in [-0.2, 0) is 4.79 Å². The van der Waals surface area contributed by atoms with Crippen LogP contribution < -0.4 is 5.73 Å². The minimum absolute atomic E-state index is 0.0202. The average Bonchev–Trinajstić information content (AvgIpc) is 2.30. The summed E-state index contributed by atoms with van der Waals surface area (Å²) in [4.78, 5) is 17.5. The van der Waals surface area contributed by atoms with Gasteiger partial charge in [0.15, 0.2) is 0 Å². The molecule has 0 saturated carbocycles. The second-order valence-corrected chi connectivity index (χ2v) is 4.63. The van der Waals surface area contributed by atoms with Crippen molar-refractivity contribution in [1.82, 2.24) is 4.90 Å². The van der Waals surface area contributed by atoms with Crippen LogP contribution >= 0.6 is 22.6 Å². The van der Waals surface area contributed by atoms with Gasteiger partial charge in [0, 0.05) is 20.3 Å². The summed E-state index contributed by atoms with van der Waals surface area (Å²) in [6.07, 6.45) is 3.09. The van der Waals surface area contributed by atoms with Gasteiger partial charge in [0.2, 0.25) is 5.91 Å². The fourth-order valence-corrected chi connectivity index (χ4v) is 2.20. The second kappa shape index (κ2) is 4.77. The van der Waals surface area contributed by atoms with E-state index in [2.05, 4.69) is 27.6 Å². The first-order valence-corrected chi connectivity index (χ1v) is 5.66. The summed E-state index contributed by atoms with van der Waals surface area (Å²) in [5.74, 6) is 0.0981. The first-order chi connectivity index (χ1) is 6.61. The molecule has 0 bridgehead atoms. The van der Waals surface area contributed by atoms with Gasteiger partial charge in [0.05, 0.1) is 15.3 Å². The Labute approximate surface area is 97.4 Å². The molecular weight excluding hydrogens is 293 g/mol. The van der Waals surface area contributed by atoms with Crippen LogP contribution in [-0.4, -0.2) is 34.5 Å². The molecule has 0 aromatic heterocycles. The van der Waals surface area contributed by atoms with Gasteiger partial charge in [-0.05, 0) is 12.8 Å². The molecule has 1 heterocycles. The first kappa shape index (κ1) is 11.5. The summed E-state index contributed by atoms with van der Waals surface area (Å²) < 4.78 is 0.0202. The zero-order chi connectivity index (χ0) is 10.7. The Kier molecular flexibility index (Phi) is 3.91. The van der Waals surface area contributed by atoms with E-state index < -0.39 is 0 Å². The number of carbonyl (C=O) groups excluding carboxylic acids is 1. The van der Waals surface area contributed by atoms with Crippen LogP contribution in [0, 0.1) is 0 Å². The second-order valence-electron chi connectivity index (χ2n) is 3.13. The van der Waals surface area contributed by atoms with Gasteiger partial charge in [-0.1, -0.05) is 22.6 Å². The Morgan fingerprint density at radius 2 is 2.36 bits per heavy atom. The zero-order valence-electron chi connectivity index (χ0n) is 8.33. The van der Waals surface area contributed by atoms with Crippen molar-refractivity contribution in [2.75, 3.05) is 14.1 Å². The number of hydrogen-bond donors (Lipinski definition) is 1. The molecule has 1 atom stereocenters. The molecule has 78 valence electrons. The summed E-state index contributed by atoms with van der Waals surface area (Å²) in [6.45, 7) is 0. The number of rotatable bonds is 0. The number of amides is 1. The standard InChI is InChI=1S/C9H14IN3O/c1-12-7-4-3-6(10)9(14)13(2)8(7)5-11/h5-6H,3-4,11H2,1-2H3. The van der Waals surface area contributed by atoms with Gasteiger partial charge >= 0.3 is 0 Å². The summed E-state index contributed by atoms with van der Waals surface area (Å²) in [5.41, 5.74) is 7.14. The number of carbonyl (C=O) groups is 1. The van der Waals surface area contributed by atoms with E-state index in [4.69, 9.17) is 5.73 Å². The third-order valence-electron chi connectivity index (χ3n) is 2.32. The summed E-state index contributed by atoms with van der Waals surface area (Å²) in [6, 6.07) is 0. The Morgan fingerprint density at radius 1 is 1.71 bits per heavy atom. The number of nitrogens with two attached hydrogens (primary N) is 1. The van der Waals surface area contributed by atoms with E-state index in [-0.39, 0.29) is 9.83 Å². The smallest absolute Gasteiger partial charge is 0.239 e. The topological polar surface area (TPSA) is 58.7 Å². The number of halogens is 1. The molecule has 14 heavy (non-hydrogen) atoms. The highest BCUT2D eigenvalue weighted by Gasteiger charge is 2.28. The molecule has 1 fully saturated rings. The van der Waals surface area contributed by atoms with Gasteiger partial charge < -0.3 is 10.6 Å².